The maximum absolute atomic E-state index is 6.56. The van der Waals surface area contributed by atoms with Crippen LogP contribution in [0.1, 0.15) is 11.1 Å². The molecule has 174 valence electrons. The minimum atomic E-state index is 0. The summed E-state index contributed by atoms with van der Waals surface area (Å²) in [7, 11) is 3.32. The van der Waals surface area contributed by atoms with Crippen LogP contribution in [0.2, 0.25) is 0 Å². The highest BCUT2D eigenvalue weighted by Crippen LogP contribution is 2.46. The molecule has 0 atom stereocenters. The fraction of sp³-hybridized carbons (Fsp3) is 0.222. The van der Waals surface area contributed by atoms with Crippen molar-refractivity contribution >= 4 is 10.8 Å². The number of nitrogens with zero attached hydrogens (tertiary/aromatic N) is 1. The second-order valence-corrected chi connectivity index (χ2v) is 8.15. The van der Waals surface area contributed by atoms with E-state index in [0.717, 1.165) is 57.8 Å². The first-order valence-corrected chi connectivity index (χ1v) is 11.0. The molecule has 2 aliphatic heterocycles. The van der Waals surface area contributed by atoms with E-state index in [2.05, 4.69) is 35.0 Å². The Hall–Kier alpha value is -3.45. The standard InChI is InChI=1S/C27H24NO5.BrH/c1-29-22-9-8-19-21(26(22)30-2)14-28-11-10-18-12-23-24(33-16-32-23)13-20(18)25(28)27(19)31-15-17-6-4-3-5-7-17;/h3-9,12-14H,10-11,15-16H2,1-2H3;1H/q+1;/p-1. The number of hydrogen-bond donors (Lipinski definition) is 0. The van der Waals surface area contributed by atoms with Crippen LogP contribution in [0.15, 0.2) is 60.8 Å². The number of halogens is 1. The zero-order chi connectivity index (χ0) is 22.4. The summed E-state index contributed by atoms with van der Waals surface area (Å²) in [5.41, 5.74) is 4.47. The lowest BCUT2D eigenvalue weighted by molar-refractivity contribution is -0.686. The van der Waals surface area contributed by atoms with Gasteiger partial charge in [-0.1, -0.05) is 30.3 Å². The van der Waals surface area contributed by atoms with Gasteiger partial charge in [-0.2, -0.15) is 4.57 Å². The number of fused-ring (bicyclic) bond motifs is 5. The first-order chi connectivity index (χ1) is 16.3. The van der Waals surface area contributed by atoms with E-state index in [-0.39, 0.29) is 23.8 Å². The summed E-state index contributed by atoms with van der Waals surface area (Å²) in [6.45, 7) is 1.53. The van der Waals surface area contributed by atoms with Gasteiger partial charge in [0.1, 0.15) is 6.61 Å². The van der Waals surface area contributed by atoms with E-state index in [1.807, 2.05) is 30.3 Å². The third-order valence-corrected chi connectivity index (χ3v) is 6.32. The highest BCUT2D eigenvalue weighted by Gasteiger charge is 2.33. The van der Waals surface area contributed by atoms with Gasteiger partial charge in [-0.05, 0) is 35.4 Å². The largest absolute Gasteiger partial charge is 1.00 e. The predicted octanol–water partition coefficient (Wildman–Crippen LogP) is 1.68. The van der Waals surface area contributed by atoms with E-state index in [9.17, 15) is 0 Å². The van der Waals surface area contributed by atoms with Gasteiger partial charge in [0.25, 0.3) is 5.69 Å². The van der Waals surface area contributed by atoms with Crippen molar-refractivity contribution in [3.63, 3.8) is 0 Å². The van der Waals surface area contributed by atoms with Crippen LogP contribution in [-0.2, 0) is 19.6 Å². The smallest absolute Gasteiger partial charge is 0.256 e. The molecule has 0 amide bonds. The van der Waals surface area contributed by atoms with Crippen LogP contribution < -0.4 is 45.2 Å². The van der Waals surface area contributed by atoms with Gasteiger partial charge in [0.05, 0.1) is 25.2 Å². The molecule has 34 heavy (non-hydrogen) atoms. The van der Waals surface area contributed by atoms with E-state index in [1.165, 1.54) is 5.56 Å². The lowest BCUT2D eigenvalue weighted by atomic mass is 9.94. The van der Waals surface area contributed by atoms with Crippen LogP contribution in [0.25, 0.3) is 22.0 Å². The average molecular weight is 522 g/mol. The van der Waals surface area contributed by atoms with Gasteiger partial charge in [-0.15, -0.1) is 0 Å². The van der Waals surface area contributed by atoms with Crippen molar-refractivity contribution in [3.8, 4) is 40.0 Å². The minimum Gasteiger partial charge on any atom is -1.00 e. The number of ether oxygens (including phenoxy) is 5. The number of pyridine rings is 1. The molecule has 6 nitrogen and oxygen atoms in total. The van der Waals surface area contributed by atoms with Crippen LogP contribution in [0, 0.1) is 0 Å². The monoisotopic (exact) mass is 521 g/mol. The number of aryl methyl sites for hydroxylation is 2. The lowest BCUT2D eigenvalue weighted by Gasteiger charge is -2.21. The summed E-state index contributed by atoms with van der Waals surface area (Å²) in [6.07, 6.45) is 3.02. The van der Waals surface area contributed by atoms with Crippen molar-refractivity contribution in [2.75, 3.05) is 21.0 Å². The molecule has 2 aliphatic rings. The van der Waals surface area contributed by atoms with Crippen LogP contribution in [0.5, 0.6) is 28.7 Å². The van der Waals surface area contributed by atoms with Gasteiger partial charge in [-0.3, -0.25) is 0 Å². The Bertz CT molecular complexity index is 1370. The first kappa shape index (κ1) is 22.3. The first-order valence-electron chi connectivity index (χ1n) is 11.0. The fourth-order valence-corrected chi connectivity index (χ4v) is 4.74. The molecule has 0 spiro atoms. The van der Waals surface area contributed by atoms with Gasteiger partial charge in [0.15, 0.2) is 41.5 Å². The Morgan fingerprint density at radius 3 is 2.44 bits per heavy atom. The molecular formula is C27H24BrNO5. The Morgan fingerprint density at radius 1 is 0.882 bits per heavy atom. The van der Waals surface area contributed by atoms with Gasteiger partial charge in [-0.25, -0.2) is 0 Å². The topological polar surface area (TPSA) is 50.0 Å². The zero-order valence-electron chi connectivity index (χ0n) is 19.0. The summed E-state index contributed by atoms with van der Waals surface area (Å²) >= 11 is 0. The molecule has 3 heterocycles. The molecule has 0 aliphatic carbocycles. The Morgan fingerprint density at radius 2 is 1.68 bits per heavy atom. The van der Waals surface area contributed by atoms with Crippen LogP contribution in [0.3, 0.4) is 0 Å². The number of aromatic nitrogens is 1. The SMILES string of the molecule is COc1ccc2c(OCc3ccccc3)c3[n+](cc2c1OC)CCc1cc2c(cc1-3)OCO2.[Br-]. The molecule has 0 unspecified atom stereocenters. The van der Waals surface area contributed by atoms with E-state index in [1.54, 1.807) is 14.2 Å². The molecule has 1 aromatic heterocycles. The van der Waals surface area contributed by atoms with Gasteiger partial charge >= 0.3 is 0 Å². The molecule has 0 saturated carbocycles. The highest BCUT2D eigenvalue weighted by molar-refractivity contribution is 5.97. The van der Waals surface area contributed by atoms with E-state index >= 15 is 0 Å². The summed E-state index contributed by atoms with van der Waals surface area (Å²) in [6, 6.07) is 18.3. The zero-order valence-corrected chi connectivity index (χ0v) is 20.6. The van der Waals surface area contributed by atoms with Crippen molar-refractivity contribution in [2.24, 2.45) is 0 Å². The summed E-state index contributed by atoms with van der Waals surface area (Å²) < 4.78 is 31.4. The third kappa shape index (κ3) is 3.60. The number of methoxy groups -OCH3 is 2. The Labute approximate surface area is 208 Å². The Kier molecular flexibility index (Phi) is 5.96. The summed E-state index contributed by atoms with van der Waals surface area (Å²) in [5.74, 6) is 3.78. The maximum atomic E-state index is 6.56. The Balaban J connectivity index is 0.00000241. The minimum absolute atomic E-state index is 0. The van der Waals surface area contributed by atoms with Crippen LogP contribution >= 0.6 is 0 Å². The molecule has 6 rings (SSSR count). The molecule has 0 bridgehead atoms. The second kappa shape index (κ2) is 9.06. The van der Waals surface area contributed by atoms with Crippen molar-refractivity contribution in [3.05, 3.63) is 71.9 Å². The molecule has 7 heteroatoms. The van der Waals surface area contributed by atoms with Crippen molar-refractivity contribution in [2.45, 2.75) is 19.6 Å². The van der Waals surface area contributed by atoms with Crippen LogP contribution in [0.4, 0.5) is 0 Å². The van der Waals surface area contributed by atoms with Crippen molar-refractivity contribution < 1.29 is 45.2 Å². The molecule has 4 aromatic rings. The molecular weight excluding hydrogens is 498 g/mol. The summed E-state index contributed by atoms with van der Waals surface area (Å²) in [4.78, 5) is 0. The lowest BCUT2D eigenvalue weighted by Crippen LogP contribution is -3.00. The van der Waals surface area contributed by atoms with Gasteiger partial charge in [0.2, 0.25) is 6.79 Å². The molecule has 3 aromatic carbocycles. The van der Waals surface area contributed by atoms with Crippen molar-refractivity contribution in [1.29, 1.82) is 0 Å². The van der Waals surface area contributed by atoms with E-state index < -0.39 is 0 Å². The summed E-state index contributed by atoms with van der Waals surface area (Å²) in [5, 5.41) is 1.92. The van der Waals surface area contributed by atoms with Gasteiger partial charge < -0.3 is 40.7 Å². The van der Waals surface area contributed by atoms with E-state index in [4.69, 9.17) is 23.7 Å². The molecule has 0 N–H and O–H groups in total. The normalized spacial score (nSPS) is 13.0. The molecule has 0 radical (unpaired) electrons. The third-order valence-electron chi connectivity index (χ3n) is 6.32. The molecule has 0 fully saturated rings. The number of hydrogen-bond acceptors (Lipinski definition) is 5. The maximum Gasteiger partial charge on any atom is 0.256 e. The van der Waals surface area contributed by atoms with Crippen molar-refractivity contribution in [1.82, 2.24) is 0 Å². The van der Waals surface area contributed by atoms with Crippen LogP contribution in [-0.4, -0.2) is 21.0 Å². The molecule has 0 saturated heterocycles. The van der Waals surface area contributed by atoms with Gasteiger partial charge in [0, 0.05) is 11.8 Å². The highest BCUT2D eigenvalue weighted by atomic mass is 79.9. The number of benzene rings is 3. The van der Waals surface area contributed by atoms with E-state index in [0.29, 0.717) is 18.1 Å². The number of rotatable bonds is 5. The quantitative estimate of drug-likeness (QED) is 0.374. The average Bonchev–Trinajstić information content (AvgIpc) is 3.32. The second-order valence-electron chi connectivity index (χ2n) is 8.15. The predicted molar refractivity (Wildman–Crippen MR) is 123 cm³/mol. The fourth-order valence-electron chi connectivity index (χ4n) is 4.74.